The van der Waals surface area contributed by atoms with Gasteiger partial charge in [0.25, 0.3) is 0 Å². The fourth-order valence-electron chi connectivity index (χ4n) is 3.81. The summed E-state index contributed by atoms with van der Waals surface area (Å²) in [4.78, 5) is 4.96. The second-order valence-corrected chi connectivity index (χ2v) is 8.48. The minimum atomic E-state index is 0.506. The largest absolute Gasteiger partial charge is 0.497 e. The van der Waals surface area contributed by atoms with Crippen LogP contribution in [0.5, 0.6) is 5.75 Å². The molecule has 0 radical (unpaired) electrons. The summed E-state index contributed by atoms with van der Waals surface area (Å²) in [5.41, 5.74) is 4.11. The zero-order valence-corrected chi connectivity index (χ0v) is 18.6. The van der Waals surface area contributed by atoms with Gasteiger partial charge in [-0.05, 0) is 61.7 Å². The summed E-state index contributed by atoms with van der Waals surface area (Å²) in [6.45, 7) is 9.83. The Morgan fingerprint density at radius 1 is 0.893 bits per heavy atom. The molecule has 0 saturated heterocycles. The molecule has 0 N–H and O–H groups in total. The molecule has 0 bridgehead atoms. The summed E-state index contributed by atoms with van der Waals surface area (Å²) >= 11 is 0. The molecule has 0 aliphatic carbocycles. The van der Waals surface area contributed by atoms with Crippen LogP contribution in [0.1, 0.15) is 43.9 Å². The molecular formula is C25H38N2O. The van der Waals surface area contributed by atoms with Gasteiger partial charge in [-0.3, -0.25) is 4.90 Å². The third-order valence-corrected chi connectivity index (χ3v) is 5.14. The van der Waals surface area contributed by atoms with Gasteiger partial charge in [0.05, 0.1) is 7.11 Å². The number of nitrogens with zero attached hydrogens (tertiary/aromatic N) is 2. The average Bonchev–Trinajstić information content (AvgIpc) is 2.66. The lowest BCUT2D eigenvalue weighted by molar-refractivity contribution is 0.127. The highest BCUT2D eigenvalue weighted by Crippen LogP contribution is 2.22. The maximum absolute atomic E-state index is 5.45. The highest BCUT2D eigenvalue weighted by molar-refractivity contribution is 5.29. The van der Waals surface area contributed by atoms with Crippen molar-refractivity contribution >= 4 is 0 Å². The lowest BCUT2D eigenvalue weighted by Crippen LogP contribution is -2.42. The van der Waals surface area contributed by atoms with Gasteiger partial charge in [-0.25, -0.2) is 0 Å². The maximum Gasteiger partial charge on any atom is 0.119 e. The fraction of sp³-hybridized carbons (Fsp3) is 0.520. The molecule has 154 valence electrons. The third kappa shape index (κ3) is 7.29. The molecule has 0 saturated carbocycles. The van der Waals surface area contributed by atoms with Gasteiger partial charge in [0.1, 0.15) is 5.75 Å². The number of rotatable bonds is 11. The number of aryl methyl sites for hydroxylation is 1. The van der Waals surface area contributed by atoms with Crippen LogP contribution in [0, 0.1) is 5.92 Å². The Kier molecular flexibility index (Phi) is 9.01. The summed E-state index contributed by atoms with van der Waals surface area (Å²) in [6.07, 6.45) is 2.27. The molecule has 3 heteroatoms. The van der Waals surface area contributed by atoms with E-state index in [4.69, 9.17) is 4.74 Å². The van der Waals surface area contributed by atoms with Crippen molar-refractivity contribution in [3.05, 3.63) is 65.2 Å². The van der Waals surface area contributed by atoms with Crippen molar-refractivity contribution in [2.24, 2.45) is 5.92 Å². The van der Waals surface area contributed by atoms with Crippen LogP contribution in [0.2, 0.25) is 0 Å². The van der Waals surface area contributed by atoms with Gasteiger partial charge < -0.3 is 9.64 Å². The summed E-state index contributed by atoms with van der Waals surface area (Å²) in [7, 11) is 6.09. The smallest absolute Gasteiger partial charge is 0.119 e. The minimum Gasteiger partial charge on any atom is -0.497 e. The highest BCUT2D eigenvalue weighted by atomic mass is 16.5. The van der Waals surface area contributed by atoms with Gasteiger partial charge in [0.2, 0.25) is 0 Å². The molecular weight excluding hydrogens is 344 g/mol. The fourth-order valence-corrected chi connectivity index (χ4v) is 3.81. The van der Waals surface area contributed by atoms with Crippen LogP contribution in [0.4, 0.5) is 0 Å². The van der Waals surface area contributed by atoms with Crippen molar-refractivity contribution in [2.75, 3.05) is 27.7 Å². The van der Waals surface area contributed by atoms with Crippen molar-refractivity contribution in [2.45, 2.75) is 52.7 Å². The van der Waals surface area contributed by atoms with Gasteiger partial charge in [0.15, 0.2) is 0 Å². The van der Waals surface area contributed by atoms with Crippen molar-refractivity contribution in [3.8, 4) is 5.75 Å². The molecule has 0 aliphatic rings. The lowest BCUT2D eigenvalue weighted by atomic mass is 9.99. The highest BCUT2D eigenvalue weighted by Gasteiger charge is 2.21. The molecule has 2 rings (SSSR count). The Balaban J connectivity index is 2.30. The van der Waals surface area contributed by atoms with Gasteiger partial charge in [0, 0.05) is 25.7 Å². The number of likely N-dealkylation sites (N-methyl/N-ethyl adjacent to an activating group) is 1. The molecule has 0 heterocycles. The predicted molar refractivity (Wildman–Crippen MR) is 120 cm³/mol. The maximum atomic E-state index is 5.45. The number of benzene rings is 2. The SMILES string of the molecule is CCc1cccc(CN(Cc2cccc(OC)c2)[C@@H](CC(C)C)CN(C)C)c1. The van der Waals surface area contributed by atoms with Crippen molar-refractivity contribution in [3.63, 3.8) is 0 Å². The molecule has 1 atom stereocenters. The van der Waals surface area contributed by atoms with Crippen LogP contribution in [0.3, 0.4) is 0 Å². The molecule has 2 aromatic rings. The Bertz CT molecular complexity index is 652. The van der Waals surface area contributed by atoms with E-state index in [1.807, 2.05) is 6.07 Å². The molecule has 0 aromatic heterocycles. The molecule has 3 nitrogen and oxygen atoms in total. The third-order valence-electron chi connectivity index (χ3n) is 5.14. The van der Waals surface area contributed by atoms with Crippen LogP contribution < -0.4 is 4.74 Å². The van der Waals surface area contributed by atoms with Crippen LogP contribution in [0.25, 0.3) is 0 Å². The second kappa shape index (κ2) is 11.2. The van der Waals surface area contributed by atoms with E-state index in [0.29, 0.717) is 12.0 Å². The van der Waals surface area contributed by atoms with E-state index in [9.17, 15) is 0 Å². The summed E-state index contributed by atoms with van der Waals surface area (Å²) < 4.78 is 5.45. The average molecular weight is 383 g/mol. The first-order valence-electron chi connectivity index (χ1n) is 10.5. The Morgan fingerprint density at radius 3 is 2.07 bits per heavy atom. The van der Waals surface area contributed by atoms with Crippen LogP contribution in [-0.4, -0.2) is 43.6 Å². The normalized spacial score (nSPS) is 12.8. The van der Waals surface area contributed by atoms with Gasteiger partial charge in [-0.1, -0.05) is 57.2 Å². The molecule has 0 fully saturated rings. The number of hydrogen-bond acceptors (Lipinski definition) is 3. The van der Waals surface area contributed by atoms with E-state index >= 15 is 0 Å². The van der Waals surface area contributed by atoms with E-state index in [0.717, 1.165) is 31.8 Å². The first kappa shape index (κ1) is 22.4. The monoisotopic (exact) mass is 382 g/mol. The first-order valence-corrected chi connectivity index (χ1v) is 10.5. The Morgan fingerprint density at radius 2 is 1.50 bits per heavy atom. The van der Waals surface area contributed by atoms with Gasteiger partial charge in [-0.15, -0.1) is 0 Å². The van der Waals surface area contributed by atoms with Gasteiger partial charge in [-0.2, -0.15) is 0 Å². The quantitative estimate of drug-likeness (QED) is 0.529. The van der Waals surface area contributed by atoms with Crippen molar-refractivity contribution in [1.82, 2.24) is 9.80 Å². The van der Waals surface area contributed by atoms with E-state index in [-0.39, 0.29) is 0 Å². The van der Waals surface area contributed by atoms with Crippen LogP contribution in [0.15, 0.2) is 48.5 Å². The molecule has 2 aromatic carbocycles. The van der Waals surface area contributed by atoms with Crippen LogP contribution in [-0.2, 0) is 19.5 Å². The zero-order chi connectivity index (χ0) is 20.5. The van der Waals surface area contributed by atoms with Crippen molar-refractivity contribution < 1.29 is 4.74 Å². The summed E-state index contributed by atoms with van der Waals surface area (Å²) in [5.74, 6) is 1.60. The molecule has 0 unspecified atom stereocenters. The summed E-state index contributed by atoms with van der Waals surface area (Å²) in [5, 5.41) is 0. The minimum absolute atomic E-state index is 0.506. The summed E-state index contributed by atoms with van der Waals surface area (Å²) in [6, 6.07) is 18.0. The number of ether oxygens (including phenoxy) is 1. The molecule has 28 heavy (non-hydrogen) atoms. The molecule has 0 spiro atoms. The van der Waals surface area contributed by atoms with Gasteiger partial charge >= 0.3 is 0 Å². The standard InChI is InChI=1S/C25H38N2O/c1-7-21-10-8-11-22(15-21)17-27(24(14-20(2)3)19-26(4)5)18-23-12-9-13-25(16-23)28-6/h8-13,15-16,20,24H,7,14,17-19H2,1-6H3/t24-/m0/s1. The number of methoxy groups -OCH3 is 1. The van der Waals surface area contributed by atoms with E-state index in [1.54, 1.807) is 7.11 Å². The Labute approximate surface area is 172 Å². The second-order valence-electron chi connectivity index (χ2n) is 8.48. The van der Waals surface area contributed by atoms with E-state index < -0.39 is 0 Å². The molecule has 0 amide bonds. The van der Waals surface area contributed by atoms with E-state index in [2.05, 4.69) is 87.1 Å². The molecule has 0 aliphatic heterocycles. The number of hydrogen-bond donors (Lipinski definition) is 0. The zero-order valence-electron chi connectivity index (χ0n) is 18.6. The van der Waals surface area contributed by atoms with Crippen LogP contribution >= 0.6 is 0 Å². The van der Waals surface area contributed by atoms with Crippen molar-refractivity contribution in [1.29, 1.82) is 0 Å². The Hall–Kier alpha value is -1.84. The lowest BCUT2D eigenvalue weighted by Gasteiger charge is -2.35. The predicted octanol–water partition coefficient (Wildman–Crippen LogP) is 5.24. The first-order chi connectivity index (χ1) is 13.4. The topological polar surface area (TPSA) is 15.7 Å². The van der Waals surface area contributed by atoms with E-state index in [1.165, 1.54) is 23.1 Å².